The number of hydrogen-bond acceptors (Lipinski definition) is 3. The summed E-state index contributed by atoms with van der Waals surface area (Å²) in [7, 11) is 0. The molecule has 1 aliphatic heterocycles. The second kappa shape index (κ2) is 7.43. The molecule has 0 N–H and O–H groups in total. The number of nitrogens with zero attached hydrogens (tertiary/aromatic N) is 2. The van der Waals surface area contributed by atoms with Gasteiger partial charge in [-0.2, -0.15) is 13.2 Å². The Morgan fingerprint density at radius 3 is 2.48 bits per heavy atom. The molecule has 1 amide bonds. The highest BCUT2D eigenvalue weighted by molar-refractivity contribution is 5.82. The molecule has 2 fully saturated rings. The zero-order valence-corrected chi connectivity index (χ0v) is 16.0. The summed E-state index contributed by atoms with van der Waals surface area (Å²) in [6, 6.07) is 8.99. The summed E-state index contributed by atoms with van der Waals surface area (Å²) in [4.78, 5) is 15.3. The van der Waals surface area contributed by atoms with E-state index in [1.807, 2.05) is 30.3 Å². The Bertz CT molecular complexity index is 657. The maximum absolute atomic E-state index is 13.2. The third-order valence-electron chi connectivity index (χ3n) is 5.38. The first-order chi connectivity index (χ1) is 12.6. The molecule has 3 rings (SSSR count). The van der Waals surface area contributed by atoms with Crippen molar-refractivity contribution in [2.24, 2.45) is 0 Å². The molecule has 7 heteroatoms. The van der Waals surface area contributed by atoms with Crippen molar-refractivity contribution in [2.75, 3.05) is 26.2 Å². The molecule has 2 aliphatic rings. The van der Waals surface area contributed by atoms with Gasteiger partial charge in [-0.25, -0.2) is 0 Å². The van der Waals surface area contributed by atoms with Crippen LogP contribution in [0, 0.1) is 0 Å². The van der Waals surface area contributed by atoms with E-state index in [4.69, 9.17) is 4.74 Å². The number of carbonyl (C=O) groups is 1. The fraction of sp³-hybridized carbons (Fsp3) is 0.650. The molecule has 1 saturated carbocycles. The summed E-state index contributed by atoms with van der Waals surface area (Å²) in [6.45, 7) is 7.90. The molecule has 3 atom stereocenters. The van der Waals surface area contributed by atoms with Crippen LogP contribution in [-0.2, 0) is 9.53 Å². The van der Waals surface area contributed by atoms with E-state index in [2.05, 4.69) is 25.7 Å². The van der Waals surface area contributed by atoms with Crippen LogP contribution in [-0.4, -0.2) is 65.8 Å². The minimum atomic E-state index is -4.87. The Hall–Kier alpha value is -1.60. The molecule has 0 spiro atoms. The van der Waals surface area contributed by atoms with E-state index >= 15 is 0 Å². The molecule has 4 nitrogen and oxygen atoms in total. The molecular formula is C20H27F3N2O2. The van der Waals surface area contributed by atoms with E-state index in [-0.39, 0.29) is 18.0 Å². The Morgan fingerprint density at radius 1 is 1.22 bits per heavy atom. The minimum absolute atomic E-state index is 0.0288. The number of morpholine rings is 1. The molecule has 1 saturated heterocycles. The molecular weight excluding hydrogens is 357 g/mol. The number of carbonyl (C=O) groups excluding carboxylic acids is 1. The molecule has 27 heavy (non-hydrogen) atoms. The highest BCUT2D eigenvalue weighted by Gasteiger charge is 2.52. The van der Waals surface area contributed by atoms with Crippen molar-refractivity contribution in [3.63, 3.8) is 0 Å². The maximum Gasteiger partial charge on any atom is 0.471 e. The van der Waals surface area contributed by atoms with Crippen LogP contribution < -0.4 is 0 Å². The molecule has 1 aromatic rings. The Morgan fingerprint density at radius 2 is 1.89 bits per heavy atom. The number of amides is 1. The molecule has 1 aromatic carbocycles. The summed E-state index contributed by atoms with van der Waals surface area (Å²) in [5.41, 5.74) is 0.885. The zero-order chi connectivity index (χ0) is 19.8. The van der Waals surface area contributed by atoms with Crippen molar-refractivity contribution < 1.29 is 22.7 Å². The van der Waals surface area contributed by atoms with Gasteiger partial charge in [-0.05, 0) is 32.8 Å². The molecule has 0 aromatic heterocycles. The van der Waals surface area contributed by atoms with Gasteiger partial charge in [-0.1, -0.05) is 30.3 Å². The lowest BCUT2D eigenvalue weighted by Gasteiger charge is -2.42. The van der Waals surface area contributed by atoms with Gasteiger partial charge in [0.1, 0.15) is 0 Å². The van der Waals surface area contributed by atoms with Crippen molar-refractivity contribution in [2.45, 2.75) is 57.0 Å². The van der Waals surface area contributed by atoms with Crippen LogP contribution in [0.25, 0.3) is 0 Å². The van der Waals surface area contributed by atoms with Gasteiger partial charge in [0.25, 0.3) is 0 Å². The average Bonchev–Trinajstić information content (AvgIpc) is 3.39. The van der Waals surface area contributed by atoms with Crippen molar-refractivity contribution in [3.8, 4) is 0 Å². The highest BCUT2D eigenvalue weighted by atomic mass is 19.4. The van der Waals surface area contributed by atoms with Gasteiger partial charge in [0.2, 0.25) is 0 Å². The van der Waals surface area contributed by atoms with Crippen LogP contribution in [0.2, 0.25) is 0 Å². The van der Waals surface area contributed by atoms with E-state index in [1.165, 1.54) is 0 Å². The number of ether oxygens (including phenoxy) is 1. The molecule has 1 unspecified atom stereocenters. The standard InChI is InChI=1S/C20H27F3N2O2/c1-19(2,3)24-9-10-27-15(12-24)13-25(18(26)20(21,22)23)17-11-16(17)14-7-5-4-6-8-14/h4-8,15-17H,9-13H2,1-3H3/t15?,16-,17+/m0/s1. The average molecular weight is 384 g/mol. The van der Waals surface area contributed by atoms with Crippen molar-refractivity contribution in [3.05, 3.63) is 35.9 Å². The lowest BCUT2D eigenvalue weighted by atomic mass is 10.0. The topological polar surface area (TPSA) is 32.8 Å². The van der Waals surface area contributed by atoms with Gasteiger partial charge in [0.05, 0.1) is 12.7 Å². The SMILES string of the molecule is CC(C)(C)N1CCOC(CN(C(=O)C(F)(F)F)[C@@H]2C[C@H]2c2ccccc2)C1. The zero-order valence-electron chi connectivity index (χ0n) is 16.0. The monoisotopic (exact) mass is 384 g/mol. The fourth-order valence-corrected chi connectivity index (χ4v) is 3.77. The molecule has 0 bridgehead atoms. The maximum atomic E-state index is 13.2. The van der Waals surface area contributed by atoms with Gasteiger partial charge in [0.15, 0.2) is 0 Å². The normalized spacial score (nSPS) is 26.7. The van der Waals surface area contributed by atoms with Crippen LogP contribution in [0.15, 0.2) is 30.3 Å². The first kappa shape index (κ1) is 20.1. The smallest absolute Gasteiger partial charge is 0.374 e. The number of alkyl halides is 3. The van der Waals surface area contributed by atoms with E-state index < -0.39 is 24.2 Å². The summed E-state index contributed by atoms with van der Waals surface area (Å²) in [5.74, 6) is -1.80. The Labute approximate surface area is 158 Å². The van der Waals surface area contributed by atoms with E-state index in [0.717, 1.165) is 17.0 Å². The third-order valence-corrected chi connectivity index (χ3v) is 5.38. The van der Waals surface area contributed by atoms with Crippen LogP contribution in [0.3, 0.4) is 0 Å². The number of rotatable bonds is 4. The van der Waals surface area contributed by atoms with Crippen LogP contribution in [0.5, 0.6) is 0 Å². The minimum Gasteiger partial charge on any atom is -0.374 e. The van der Waals surface area contributed by atoms with Crippen molar-refractivity contribution >= 4 is 5.91 Å². The summed E-state index contributed by atoms with van der Waals surface area (Å²) in [5, 5.41) is 0. The van der Waals surface area contributed by atoms with Crippen molar-refractivity contribution in [1.82, 2.24) is 9.80 Å². The van der Waals surface area contributed by atoms with E-state index in [9.17, 15) is 18.0 Å². The first-order valence-corrected chi connectivity index (χ1v) is 9.37. The van der Waals surface area contributed by atoms with Gasteiger partial charge < -0.3 is 9.64 Å². The fourth-order valence-electron chi connectivity index (χ4n) is 3.77. The quantitative estimate of drug-likeness (QED) is 0.797. The van der Waals surface area contributed by atoms with Crippen molar-refractivity contribution in [1.29, 1.82) is 0 Å². The number of halogens is 3. The van der Waals surface area contributed by atoms with Crippen LogP contribution in [0.4, 0.5) is 13.2 Å². The van der Waals surface area contributed by atoms with E-state index in [0.29, 0.717) is 19.6 Å². The summed E-state index contributed by atoms with van der Waals surface area (Å²) < 4.78 is 45.3. The number of hydrogen-bond donors (Lipinski definition) is 0. The Kier molecular flexibility index (Phi) is 5.54. The largest absolute Gasteiger partial charge is 0.471 e. The predicted octanol–water partition coefficient (Wildman–Crippen LogP) is 3.43. The lowest BCUT2D eigenvalue weighted by Crippen LogP contribution is -2.55. The predicted molar refractivity (Wildman–Crippen MR) is 96.4 cm³/mol. The van der Waals surface area contributed by atoms with E-state index in [1.54, 1.807) is 0 Å². The van der Waals surface area contributed by atoms with Crippen LogP contribution in [0.1, 0.15) is 38.7 Å². The molecule has 1 aliphatic carbocycles. The third kappa shape index (κ3) is 4.82. The Balaban J connectivity index is 1.73. The summed E-state index contributed by atoms with van der Waals surface area (Å²) >= 11 is 0. The lowest BCUT2D eigenvalue weighted by molar-refractivity contribution is -0.188. The van der Waals surface area contributed by atoms with Gasteiger partial charge in [-0.3, -0.25) is 9.69 Å². The number of benzene rings is 1. The van der Waals surface area contributed by atoms with Gasteiger partial charge in [0, 0.05) is 37.1 Å². The second-order valence-electron chi connectivity index (χ2n) is 8.39. The highest BCUT2D eigenvalue weighted by Crippen LogP contribution is 2.46. The van der Waals surface area contributed by atoms with Gasteiger partial charge >= 0.3 is 12.1 Å². The molecule has 0 radical (unpaired) electrons. The van der Waals surface area contributed by atoms with Gasteiger partial charge in [-0.15, -0.1) is 0 Å². The van der Waals surface area contributed by atoms with Crippen LogP contribution >= 0.6 is 0 Å². The molecule has 150 valence electrons. The molecule has 1 heterocycles. The second-order valence-corrected chi connectivity index (χ2v) is 8.39. The first-order valence-electron chi connectivity index (χ1n) is 9.37. The summed E-state index contributed by atoms with van der Waals surface area (Å²) in [6.07, 6.45) is -4.73.